The van der Waals surface area contributed by atoms with Gasteiger partial charge in [0.1, 0.15) is 6.04 Å². The van der Waals surface area contributed by atoms with Crippen molar-refractivity contribution in [1.82, 2.24) is 10.2 Å². The van der Waals surface area contributed by atoms with E-state index < -0.39 is 6.04 Å². The first-order chi connectivity index (χ1) is 16.0. The predicted octanol–water partition coefficient (Wildman–Crippen LogP) is 5.36. The van der Waals surface area contributed by atoms with Gasteiger partial charge in [0.15, 0.2) is 0 Å². The van der Waals surface area contributed by atoms with Crippen LogP contribution in [0.4, 0.5) is 0 Å². The summed E-state index contributed by atoms with van der Waals surface area (Å²) in [6.07, 6.45) is 1.52. The van der Waals surface area contributed by atoms with Crippen LogP contribution in [0.25, 0.3) is 0 Å². The SMILES string of the molecule is CCCNC(=O)[C@@H](Cc1ccccc1)N(Cc1ccc(Cl)cc1)C(=O)Cc1ccc(C)cc1. The molecule has 0 heterocycles. The van der Waals surface area contributed by atoms with E-state index in [1.54, 1.807) is 4.90 Å². The molecule has 0 bridgehead atoms. The second kappa shape index (κ2) is 12.2. The molecule has 0 unspecified atom stereocenters. The molecular weight excluding hydrogens is 432 g/mol. The second-order valence-corrected chi connectivity index (χ2v) is 8.74. The average molecular weight is 463 g/mol. The molecule has 3 aromatic carbocycles. The number of hydrogen-bond donors (Lipinski definition) is 1. The largest absolute Gasteiger partial charge is 0.354 e. The van der Waals surface area contributed by atoms with Crippen molar-refractivity contribution in [2.45, 2.75) is 45.7 Å². The standard InChI is InChI=1S/C28H31ClN2O2/c1-3-17-30-28(33)26(18-22-7-5-4-6-8-22)31(20-24-13-15-25(29)16-14-24)27(32)19-23-11-9-21(2)10-12-23/h4-16,26H,3,17-20H2,1-2H3,(H,30,33)/t26-/m1/s1. The van der Waals surface area contributed by atoms with Crippen molar-refractivity contribution < 1.29 is 9.59 Å². The molecule has 0 aliphatic carbocycles. The van der Waals surface area contributed by atoms with Gasteiger partial charge in [0.25, 0.3) is 0 Å². The van der Waals surface area contributed by atoms with Gasteiger partial charge in [0.05, 0.1) is 6.42 Å². The summed E-state index contributed by atoms with van der Waals surface area (Å²) in [6, 6.07) is 24.6. The maximum Gasteiger partial charge on any atom is 0.243 e. The fourth-order valence-electron chi connectivity index (χ4n) is 3.69. The topological polar surface area (TPSA) is 49.4 Å². The van der Waals surface area contributed by atoms with E-state index in [-0.39, 0.29) is 18.2 Å². The Morgan fingerprint density at radius 2 is 1.52 bits per heavy atom. The molecule has 1 N–H and O–H groups in total. The molecule has 172 valence electrons. The number of amides is 2. The number of benzene rings is 3. The second-order valence-electron chi connectivity index (χ2n) is 8.31. The molecule has 4 nitrogen and oxygen atoms in total. The van der Waals surface area contributed by atoms with Crippen molar-refractivity contribution in [2.75, 3.05) is 6.54 Å². The minimum absolute atomic E-state index is 0.0821. The molecule has 33 heavy (non-hydrogen) atoms. The highest BCUT2D eigenvalue weighted by molar-refractivity contribution is 6.30. The molecule has 0 spiro atoms. The Kier molecular flexibility index (Phi) is 9.08. The van der Waals surface area contributed by atoms with E-state index in [2.05, 4.69) is 5.32 Å². The lowest BCUT2D eigenvalue weighted by molar-refractivity contribution is -0.140. The lowest BCUT2D eigenvalue weighted by Crippen LogP contribution is -2.51. The minimum Gasteiger partial charge on any atom is -0.354 e. The smallest absolute Gasteiger partial charge is 0.243 e. The summed E-state index contributed by atoms with van der Waals surface area (Å²) < 4.78 is 0. The number of hydrogen-bond acceptors (Lipinski definition) is 2. The molecule has 0 aliphatic heterocycles. The zero-order chi connectivity index (χ0) is 23.6. The summed E-state index contributed by atoms with van der Waals surface area (Å²) >= 11 is 6.06. The monoisotopic (exact) mass is 462 g/mol. The van der Waals surface area contributed by atoms with Gasteiger partial charge >= 0.3 is 0 Å². The van der Waals surface area contributed by atoms with Crippen molar-refractivity contribution >= 4 is 23.4 Å². The third-order valence-corrected chi connectivity index (χ3v) is 5.81. The summed E-state index contributed by atoms with van der Waals surface area (Å²) in [6.45, 7) is 4.94. The number of carbonyl (C=O) groups excluding carboxylic acids is 2. The van der Waals surface area contributed by atoms with Crippen LogP contribution in [-0.2, 0) is 29.0 Å². The lowest BCUT2D eigenvalue weighted by Gasteiger charge is -2.31. The highest BCUT2D eigenvalue weighted by Gasteiger charge is 2.30. The summed E-state index contributed by atoms with van der Waals surface area (Å²) in [4.78, 5) is 28.6. The molecule has 5 heteroatoms. The Bertz CT molecular complexity index is 1030. The average Bonchev–Trinajstić information content (AvgIpc) is 2.83. The van der Waals surface area contributed by atoms with E-state index in [1.165, 1.54) is 0 Å². The van der Waals surface area contributed by atoms with Gasteiger partial charge in [-0.25, -0.2) is 0 Å². The highest BCUT2D eigenvalue weighted by atomic mass is 35.5. The van der Waals surface area contributed by atoms with E-state index in [0.29, 0.717) is 24.5 Å². The molecule has 2 amide bonds. The van der Waals surface area contributed by atoms with E-state index in [0.717, 1.165) is 28.7 Å². The molecule has 3 aromatic rings. The quantitative estimate of drug-likeness (QED) is 0.441. The fraction of sp³-hybridized carbons (Fsp3) is 0.286. The summed E-state index contributed by atoms with van der Waals surface area (Å²) in [5.74, 6) is -0.215. The van der Waals surface area contributed by atoms with E-state index in [1.807, 2.05) is 92.7 Å². The molecule has 0 radical (unpaired) electrons. The molecular formula is C28H31ClN2O2. The van der Waals surface area contributed by atoms with Crippen LogP contribution in [0.5, 0.6) is 0 Å². The third-order valence-electron chi connectivity index (χ3n) is 5.56. The Labute approximate surface area is 201 Å². The van der Waals surface area contributed by atoms with E-state index in [9.17, 15) is 9.59 Å². The van der Waals surface area contributed by atoms with Crippen LogP contribution >= 0.6 is 11.6 Å². The number of halogens is 1. The van der Waals surface area contributed by atoms with Crippen molar-refractivity contribution in [3.05, 3.63) is 106 Å². The first kappa shape index (κ1) is 24.5. The van der Waals surface area contributed by atoms with Crippen molar-refractivity contribution in [1.29, 1.82) is 0 Å². The zero-order valence-corrected chi connectivity index (χ0v) is 20.0. The summed E-state index contributed by atoms with van der Waals surface area (Å²) in [7, 11) is 0. The Balaban J connectivity index is 1.93. The van der Waals surface area contributed by atoms with Crippen LogP contribution in [-0.4, -0.2) is 29.3 Å². The zero-order valence-electron chi connectivity index (χ0n) is 19.3. The Hall–Kier alpha value is -3.11. The fourth-order valence-corrected chi connectivity index (χ4v) is 3.81. The van der Waals surface area contributed by atoms with Gasteiger partial charge in [-0.2, -0.15) is 0 Å². The maximum atomic E-state index is 13.6. The molecule has 3 rings (SSSR count). The van der Waals surface area contributed by atoms with Crippen LogP contribution in [0, 0.1) is 6.92 Å². The van der Waals surface area contributed by atoms with Crippen molar-refractivity contribution in [3.63, 3.8) is 0 Å². The van der Waals surface area contributed by atoms with Crippen molar-refractivity contribution in [2.24, 2.45) is 0 Å². The minimum atomic E-state index is -0.618. The highest BCUT2D eigenvalue weighted by Crippen LogP contribution is 2.18. The van der Waals surface area contributed by atoms with Gasteiger partial charge in [0, 0.05) is 24.5 Å². The van der Waals surface area contributed by atoms with Gasteiger partial charge in [-0.3, -0.25) is 9.59 Å². The number of rotatable bonds is 10. The molecule has 0 saturated carbocycles. The maximum absolute atomic E-state index is 13.6. The van der Waals surface area contributed by atoms with Gasteiger partial charge in [-0.1, -0.05) is 90.8 Å². The van der Waals surface area contributed by atoms with Crippen LogP contribution in [0.2, 0.25) is 5.02 Å². The molecule has 0 saturated heterocycles. The van der Waals surface area contributed by atoms with Gasteiger partial charge < -0.3 is 10.2 Å². The molecule has 0 fully saturated rings. The lowest BCUT2D eigenvalue weighted by atomic mass is 10.0. The molecule has 0 aliphatic rings. The van der Waals surface area contributed by atoms with Crippen LogP contribution < -0.4 is 5.32 Å². The van der Waals surface area contributed by atoms with Gasteiger partial charge in [0.2, 0.25) is 11.8 Å². The third kappa shape index (κ3) is 7.47. The normalized spacial score (nSPS) is 11.6. The van der Waals surface area contributed by atoms with Gasteiger partial charge in [-0.15, -0.1) is 0 Å². The van der Waals surface area contributed by atoms with E-state index >= 15 is 0 Å². The Morgan fingerprint density at radius 1 is 0.879 bits per heavy atom. The van der Waals surface area contributed by atoms with Gasteiger partial charge in [-0.05, 0) is 42.2 Å². The molecule has 0 aromatic heterocycles. The van der Waals surface area contributed by atoms with E-state index in [4.69, 9.17) is 11.6 Å². The van der Waals surface area contributed by atoms with Crippen LogP contribution in [0.1, 0.15) is 35.6 Å². The summed E-state index contributed by atoms with van der Waals surface area (Å²) in [5.41, 5.74) is 4.01. The first-order valence-electron chi connectivity index (χ1n) is 11.4. The van der Waals surface area contributed by atoms with Crippen LogP contribution in [0.3, 0.4) is 0 Å². The number of carbonyl (C=O) groups is 2. The predicted molar refractivity (Wildman–Crippen MR) is 134 cm³/mol. The number of aryl methyl sites for hydroxylation is 1. The van der Waals surface area contributed by atoms with Crippen molar-refractivity contribution in [3.8, 4) is 0 Å². The van der Waals surface area contributed by atoms with Crippen LogP contribution in [0.15, 0.2) is 78.9 Å². The summed E-state index contributed by atoms with van der Waals surface area (Å²) in [5, 5.41) is 3.64. The number of nitrogens with zero attached hydrogens (tertiary/aromatic N) is 1. The first-order valence-corrected chi connectivity index (χ1v) is 11.7. The Morgan fingerprint density at radius 3 is 2.15 bits per heavy atom. The molecule has 1 atom stereocenters. The number of nitrogens with one attached hydrogen (secondary N) is 1.